The zero-order valence-corrected chi connectivity index (χ0v) is 21.5. The Bertz CT molecular complexity index is 1420. The maximum atomic E-state index is 6.04. The van der Waals surface area contributed by atoms with Crippen molar-refractivity contribution in [3.63, 3.8) is 0 Å². The maximum absolute atomic E-state index is 6.04. The molecule has 0 aliphatic carbocycles. The van der Waals surface area contributed by atoms with Gasteiger partial charge in [0.2, 0.25) is 0 Å². The summed E-state index contributed by atoms with van der Waals surface area (Å²) < 4.78 is 9.02. The fourth-order valence-corrected chi connectivity index (χ4v) is 5.36. The van der Waals surface area contributed by atoms with E-state index in [-0.39, 0.29) is 0 Å². The topological polar surface area (TPSA) is 27.1 Å². The molecule has 0 radical (unpaired) electrons. The third-order valence-electron chi connectivity index (χ3n) is 5.93. The summed E-state index contributed by atoms with van der Waals surface area (Å²) in [5.74, 6) is 0.866. The summed E-state index contributed by atoms with van der Waals surface area (Å²) in [6, 6.07) is 22.7. The van der Waals surface area contributed by atoms with E-state index in [4.69, 9.17) is 21.3 Å². The molecule has 0 atom stereocenters. The number of hydrogen-bond acceptors (Lipinski definition) is 3. The van der Waals surface area contributed by atoms with Gasteiger partial charge in [-0.25, -0.2) is 4.98 Å². The lowest BCUT2D eigenvalue weighted by Gasteiger charge is -2.09. The van der Waals surface area contributed by atoms with Crippen molar-refractivity contribution in [3.05, 3.63) is 103 Å². The fourth-order valence-electron chi connectivity index (χ4n) is 4.15. The molecule has 0 aliphatic heterocycles. The highest BCUT2D eigenvalue weighted by Gasteiger charge is 2.17. The molecule has 0 aliphatic rings. The van der Waals surface area contributed by atoms with E-state index < -0.39 is 0 Å². The van der Waals surface area contributed by atoms with Gasteiger partial charge in [0.15, 0.2) is 0 Å². The van der Waals surface area contributed by atoms with Gasteiger partial charge in [-0.15, -0.1) is 11.3 Å². The summed E-state index contributed by atoms with van der Waals surface area (Å²) in [5, 5.41) is 5.16. The normalized spacial score (nSPS) is 11.3. The zero-order chi connectivity index (χ0) is 22.9. The van der Waals surface area contributed by atoms with Gasteiger partial charge in [-0.2, -0.15) is 0 Å². The van der Waals surface area contributed by atoms with E-state index in [0.29, 0.717) is 0 Å². The lowest BCUT2D eigenvalue weighted by atomic mass is 10.1. The Balaban J connectivity index is 1.54. The first-order valence-corrected chi connectivity index (χ1v) is 12.7. The van der Waals surface area contributed by atoms with E-state index in [2.05, 4.69) is 69.2 Å². The van der Waals surface area contributed by atoms with Crippen LogP contribution in [0.3, 0.4) is 0 Å². The molecule has 0 saturated heterocycles. The summed E-state index contributed by atoms with van der Waals surface area (Å²) in [6.45, 7) is 3.02. The van der Waals surface area contributed by atoms with E-state index in [1.807, 2.05) is 30.3 Å². The Hall–Kier alpha value is -2.60. The second-order valence-electron chi connectivity index (χ2n) is 7.97. The van der Waals surface area contributed by atoms with E-state index in [0.717, 1.165) is 44.5 Å². The second-order valence-corrected chi connectivity index (χ2v) is 10.3. The van der Waals surface area contributed by atoms with Crippen molar-refractivity contribution in [1.82, 2.24) is 9.55 Å². The molecular weight excluding hydrogens is 516 g/mol. The van der Waals surface area contributed by atoms with Crippen LogP contribution >= 0.6 is 38.9 Å². The van der Waals surface area contributed by atoms with Crippen LogP contribution in [0.2, 0.25) is 5.02 Å². The molecular formula is C27H22BrClN2OS. The monoisotopic (exact) mass is 536 g/mol. The number of ether oxygens (including phenoxy) is 1. The number of methoxy groups -OCH3 is 1. The first-order valence-electron chi connectivity index (χ1n) is 10.6. The lowest BCUT2D eigenvalue weighted by Crippen LogP contribution is -2.02. The minimum absolute atomic E-state index is 0.734. The van der Waals surface area contributed by atoms with Gasteiger partial charge in [0.1, 0.15) is 5.75 Å². The highest BCUT2D eigenvalue weighted by atomic mass is 79.9. The van der Waals surface area contributed by atoms with Crippen molar-refractivity contribution in [2.45, 2.75) is 19.9 Å². The quantitative estimate of drug-likeness (QED) is 0.219. The number of halogens is 2. The molecule has 5 rings (SSSR count). The van der Waals surface area contributed by atoms with Gasteiger partial charge in [0.05, 0.1) is 17.8 Å². The largest absolute Gasteiger partial charge is 0.497 e. The minimum Gasteiger partial charge on any atom is -0.497 e. The highest BCUT2D eigenvalue weighted by molar-refractivity contribution is 9.10. The third-order valence-corrected chi connectivity index (χ3v) is 7.56. The van der Waals surface area contributed by atoms with Crippen LogP contribution in [-0.4, -0.2) is 16.7 Å². The van der Waals surface area contributed by atoms with Gasteiger partial charge < -0.3 is 9.30 Å². The van der Waals surface area contributed by atoms with Crippen molar-refractivity contribution < 1.29 is 4.74 Å². The van der Waals surface area contributed by atoms with Crippen LogP contribution < -0.4 is 4.74 Å². The molecule has 5 aromatic rings. The average molecular weight is 538 g/mol. The van der Waals surface area contributed by atoms with Crippen LogP contribution in [0.1, 0.15) is 21.8 Å². The standard InChI is InChI=1S/C27H22BrClN2OS/c1-17-23(14-27-30-25(16-33-27)19-5-9-21(29)10-6-19)24-13-22(32-2)11-12-26(24)31(17)15-18-3-7-20(28)8-4-18/h3-13,16H,14-15H2,1-2H3. The smallest absolute Gasteiger partial charge is 0.119 e. The number of aromatic nitrogens is 2. The number of rotatable bonds is 6. The number of thiazole rings is 1. The number of hydrogen-bond donors (Lipinski definition) is 0. The molecule has 2 heterocycles. The molecule has 0 spiro atoms. The van der Waals surface area contributed by atoms with E-state index in [1.165, 1.54) is 27.7 Å². The predicted molar refractivity (Wildman–Crippen MR) is 142 cm³/mol. The molecule has 6 heteroatoms. The van der Waals surface area contributed by atoms with Crippen LogP contribution in [-0.2, 0) is 13.0 Å². The SMILES string of the molecule is COc1ccc2c(c1)c(Cc1nc(-c3ccc(Cl)cc3)cs1)c(C)n2Cc1ccc(Br)cc1. The van der Waals surface area contributed by atoms with Gasteiger partial charge in [-0.3, -0.25) is 0 Å². The third kappa shape index (κ3) is 4.58. The molecule has 0 N–H and O–H groups in total. The summed E-state index contributed by atoms with van der Waals surface area (Å²) in [6.07, 6.45) is 0.779. The second kappa shape index (κ2) is 9.34. The highest BCUT2D eigenvalue weighted by Crippen LogP contribution is 2.33. The van der Waals surface area contributed by atoms with Gasteiger partial charge in [-0.05, 0) is 60.5 Å². The maximum Gasteiger partial charge on any atom is 0.119 e. The lowest BCUT2D eigenvalue weighted by molar-refractivity contribution is 0.415. The zero-order valence-electron chi connectivity index (χ0n) is 18.3. The Morgan fingerprint density at radius 3 is 2.52 bits per heavy atom. The summed E-state index contributed by atoms with van der Waals surface area (Å²) >= 11 is 11.3. The van der Waals surface area contributed by atoms with Gasteiger partial charge in [0.25, 0.3) is 0 Å². The van der Waals surface area contributed by atoms with Gasteiger partial charge in [0, 0.05) is 50.0 Å². The van der Waals surface area contributed by atoms with Gasteiger partial charge >= 0.3 is 0 Å². The summed E-state index contributed by atoms with van der Waals surface area (Å²) in [7, 11) is 1.71. The Kier molecular flexibility index (Phi) is 6.28. The molecule has 3 nitrogen and oxygen atoms in total. The molecule has 2 aromatic heterocycles. The van der Waals surface area contributed by atoms with Crippen molar-refractivity contribution >= 4 is 49.8 Å². The van der Waals surface area contributed by atoms with Crippen LogP contribution in [0.4, 0.5) is 0 Å². The van der Waals surface area contributed by atoms with Gasteiger partial charge in [-0.1, -0.05) is 51.8 Å². The number of fused-ring (bicyclic) bond motifs is 1. The van der Waals surface area contributed by atoms with E-state index >= 15 is 0 Å². The summed E-state index contributed by atoms with van der Waals surface area (Å²) in [5.41, 5.74) is 7.08. The Labute approximate surface area is 210 Å². The van der Waals surface area contributed by atoms with Crippen molar-refractivity contribution in [1.29, 1.82) is 0 Å². The number of benzene rings is 3. The van der Waals surface area contributed by atoms with E-state index in [1.54, 1.807) is 18.4 Å². The van der Waals surface area contributed by atoms with Crippen molar-refractivity contribution in [2.24, 2.45) is 0 Å². The van der Waals surface area contributed by atoms with E-state index in [9.17, 15) is 0 Å². The van der Waals surface area contributed by atoms with Crippen LogP contribution in [0.5, 0.6) is 5.75 Å². The first-order chi connectivity index (χ1) is 16.0. The predicted octanol–water partition coefficient (Wildman–Crippen LogP) is 8.14. The molecule has 3 aromatic carbocycles. The average Bonchev–Trinajstić information content (AvgIpc) is 3.39. The Morgan fingerprint density at radius 1 is 1.03 bits per heavy atom. The molecule has 0 unspecified atom stereocenters. The van der Waals surface area contributed by atoms with Crippen molar-refractivity contribution in [2.75, 3.05) is 7.11 Å². The molecule has 0 amide bonds. The number of nitrogens with zero attached hydrogens (tertiary/aromatic N) is 2. The molecule has 0 saturated carbocycles. The molecule has 0 fully saturated rings. The molecule has 33 heavy (non-hydrogen) atoms. The first kappa shape index (κ1) is 22.2. The Morgan fingerprint density at radius 2 is 1.79 bits per heavy atom. The van der Waals surface area contributed by atoms with Crippen LogP contribution in [0, 0.1) is 6.92 Å². The summed E-state index contributed by atoms with van der Waals surface area (Å²) in [4.78, 5) is 4.93. The fraction of sp³-hybridized carbons (Fsp3) is 0.148. The van der Waals surface area contributed by atoms with Crippen LogP contribution in [0.15, 0.2) is 76.6 Å². The van der Waals surface area contributed by atoms with Crippen molar-refractivity contribution in [3.8, 4) is 17.0 Å². The molecule has 166 valence electrons. The van der Waals surface area contributed by atoms with Crippen LogP contribution in [0.25, 0.3) is 22.2 Å². The minimum atomic E-state index is 0.734. The molecule has 0 bridgehead atoms.